The number of anilines is 1. The van der Waals surface area contributed by atoms with Gasteiger partial charge in [0, 0.05) is 5.69 Å². The molecular weight excluding hydrogens is 408 g/mol. The number of nitrogens with one attached hydrogen (secondary N) is 3. The second kappa shape index (κ2) is 8.52. The van der Waals surface area contributed by atoms with Gasteiger partial charge in [-0.15, -0.1) is 0 Å². The zero-order chi connectivity index (χ0) is 23.0. The molecule has 0 saturated heterocycles. The number of hydrogen-bond donors (Lipinski definition) is 3. The molecule has 2 saturated carbocycles. The van der Waals surface area contributed by atoms with Crippen LogP contribution in [0.15, 0.2) is 12.4 Å². The molecule has 2 heterocycles. The number of aromatic amines is 1. The molecule has 0 unspecified atom stereocenters. The van der Waals surface area contributed by atoms with E-state index >= 15 is 0 Å². The normalized spacial score (nSPS) is 17.2. The van der Waals surface area contributed by atoms with Crippen LogP contribution in [0.4, 0.5) is 10.5 Å². The summed E-state index contributed by atoms with van der Waals surface area (Å²) in [6, 6.07) is -0.650. The van der Waals surface area contributed by atoms with Gasteiger partial charge < -0.3 is 15.4 Å². The van der Waals surface area contributed by atoms with Crippen LogP contribution in [0.5, 0.6) is 0 Å². The van der Waals surface area contributed by atoms with E-state index in [0.717, 1.165) is 42.6 Å². The van der Waals surface area contributed by atoms with Crippen molar-refractivity contribution >= 4 is 17.7 Å². The van der Waals surface area contributed by atoms with Crippen LogP contribution in [0.1, 0.15) is 57.8 Å². The molecule has 1 atom stereocenters. The Balaban J connectivity index is 1.50. The van der Waals surface area contributed by atoms with Gasteiger partial charge in [-0.3, -0.25) is 9.89 Å². The van der Waals surface area contributed by atoms with Gasteiger partial charge >= 0.3 is 6.09 Å². The van der Waals surface area contributed by atoms with Gasteiger partial charge in [0.25, 0.3) is 0 Å². The molecular formula is C23H32N6O3. The van der Waals surface area contributed by atoms with E-state index in [9.17, 15) is 9.59 Å². The van der Waals surface area contributed by atoms with Gasteiger partial charge in [-0.25, -0.2) is 14.8 Å². The highest BCUT2D eigenvalue weighted by atomic mass is 16.6. The SMILES string of the molecule is Cc1n[nH]c(C)c1-c1ncc(NC(=O)[C@@H](NC(=O)OC(C)(C)C)C(C2CC2)C2CC2)cn1. The average molecular weight is 441 g/mol. The molecule has 0 aliphatic heterocycles. The molecule has 4 rings (SSSR count). The fraction of sp³-hybridized carbons (Fsp3) is 0.609. The first-order chi connectivity index (χ1) is 15.1. The molecule has 2 aromatic heterocycles. The van der Waals surface area contributed by atoms with Crippen molar-refractivity contribution in [1.29, 1.82) is 0 Å². The third-order valence-corrected chi connectivity index (χ3v) is 5.94. The molecule has 0 aromatic carbocycles. The summed E-state index contributed by atoms with van der Waals surface area (Å²) in [5, 5.41) is 12.9. The Morgan fingerprint density at radius 3 is 2.16 bits per heavy atom. The molecule has 2 aliphatic carbocycles. The quantitative estimate of drug-likeness (QED) is 0.603. The highest BCUT2D eigenvalue weighted by Crippen LogP contribution is 2.50. The predicted molar refractivity (Wildman–Crippen MR) is 120 cm³/mol. The maximum absolute atomic E-state index is 13.3. The van der Waals surface area contributed by atoms with Crippen molar-refractivity contribution in [2.75, 3.05) is 5.32 Å². The molecule has 9 heteroatoms. The third kappa shape index (κ3) is 5.26. The van der Waals surface area contributed by atoms with Crippen LogP contribution in [0.3, 0.4) is 0 Å². The maximum Gasteiger partial charge on any atom is 0.408 e. The molecule has 0 bridgehead atoms. The lowest BCUT2D eigenvalue weighted by Gasteiger charge is -2.29. The Morgan fingerprint density at radius 2 is 1.69 bits per heavy atom. The zero-order valence-electron chi connectivity index (χ0n) is 19.4. The number of ether oxygens (including phenoxy) is 1. The van der Waals surface area contributed by atoms with Gasteiger partial charge in [0.2, 0.25) is 5.91 Å². The molecule has 0 spiro atoms. The lowest BCUT2D eigenvalue weighted by atomic mass is 9.88. The minimum atomic E-state index is -0.650. The summed E-state index contributed by atoms with van der Waals surface area (Å²) in [4.78, 5) is 34.6. The summed E-state index contributed by atoms with van der Waals surface area (Å²) < 4.78 is 5.43. The Labute approximate surface area is 188 Å². The highest BCUT2D eigenvalue weighted by Gasteiger charge is 2.48. The summed E-state index contributed by atoms with van der Waals surface area (Å²) in [6.07, 6.45) is 7.00. The fourth-order valence-electron chi connectivity index (χ4n) is 4.28. The molecule has 172 valence electrons. The molecule has 2 amide bonds. The van der Waals surface area contributed by atoms with Gasteiger partial charge in [-0.05, 0) is 78.1 Å². The van der Waals surface area contributed by atoms with Crippen molar-refractivity contribution in [3.8, 4) is 11.4 Å². The summed E-state index contributed by atoms with van der Waals surface area (Å²) in [6.45, 7) is 9.23. The van der Waals surface area contributed by atoms with Crippen molar-refractivity contribution in [2.24, 2.45) is 17.8 Å². The van der Waals surface area contributed by atoms with Crippen LogP contribution in [-0.2, 0) is 9.53 Å². The molecule has 9 nitrogen and oxygen atoms in total. The highest BCUT2D eigenvalue weighted by molar-refractivity contribution is 5.96. The molecule has 3 N–H and O–H groups in total. The second-order valence-electron chi connectivity index (χ2n) is 9.97. The number of amides is 2. The van der Waals surface area contributed by atoms with Gasteiger partial charge in [0.1, 0.15) is 11.6 Å². The third-order valence-electron chi connectivity index (χ3n) is 5.94. The van der Waals surface area contributed by atoms with Gasteiger partial charge in [0.15, 0.2) is 5.82 Å². The van der Waals surface area contributed by atoms with Crippen LogP contribution >= 0.6 is 0 Å². The van der Waals surface area contributed by atoms with E-state index in [-0.39, 0.29) is 11.8 Å². The first-order valence-electron chi connectivity index (χ1n) is 11.3. The number of nitrogens with zero attached hydrogens (tertiary/aromatic N) is 3. The topological polar surface area (TPSA) is 122 Å². The van der Waals surface area contributed by atoms with E-state index in [2.05, 4.69) is 30.8 Å². The molecule has 2 fully saturated rings. The number of alkyl carbamates (subject to hydrolysis) is 1. The lowest BCUT2D eigenvalue weighted by Crippen LogP contribution is -2.51. The minimum Gasteiger partial charge on any atom is -0.444 e. The van der Waals surface area contributed by atoms with E-state index < -0.39 is 17.7 Å². The Hall–Kier alpha value is -2.97. The summed E-state index contributed by atoms with van der Waals surface area (Å²) in [5.41, 5.74) is 2.41. The fourth-order valence-corrected chi connectivity index (χ4v) is 4.28. The average Bonchev–Trinajstić information content (AvgIpc) is 3.62. The van der Waals surface area contributed by atoms with Crippen molar-refractivity contribution in [3.63, 3.8) is 0 Å². The van der Waals surface area contributed by atoms with Crippen molar-refractivity contribution < 1.29 is 14.3 Å². The maximum atomic E-state index is 13.3. The minimum absolute atomic E-state index is 0.124. The largest absolute Gasteiger partial charge is 0.444 e. The van der Waals surface area contributed by atoms with Crippen LogP contribution in [0.25, 0.3) is 11.4 Å². The Morgan fingerprint density at radius 1 is 1.09 bits per heavy atom. The van der Waals surface area contributed by atoms with E-state index in [1.54, 1.807) is 12.4 Å². The van der Waals surface area contributed by atoms with Gasteiger partial charge in [-0.2, -0.15) is 5.10 Å². The summed E-state index contributed by atoms with van der Waals surface area (Å²) >= 11 is 0. The first-order valence-corrected chi connectivity index (χ1v) is 11.3. The number of H-pyrrole nitrogens is 1. The van der Waals surface area contributed by atoms with Gasteiger partial charge in [-0.1, -0.05) is 0 Å². The van der Waals surface area contributed by atoms with E-state index in [1.165, 1.54) is 0 Å². The Kier molecular flexibility index (Phi) is 5.92. The van der Waals surface area contributed by atoms with E-state index in [4.69, 9.17) is 4.74 Å². The first kappa shape index (κ1) is 22.2. The van der Waals surface area contributed by atoms with Crippen LogP contribution in [-0.4, -0.2) is 43.8 Å². The van der Waals surface area contributed by atoms with Crippen molar-refractivity contribution in [2.45, 2.75) is 71.9 Å². The molecule has 0 radical (unpaired) electrons. The number of carbonyl (C=O) groups excluding carboxylic acids is 2. The van der Waals surface area contributed by atoms with Crippen LogP contribution in [0, 0.1) is 31.6 Å². The zero-order valence-corrected chi connectivity index (χ0v) is 19.4. The predicted octanol–water partition coefficient (Wildman–Crippen LogP) is 3.75. The molecule has 2 aliphatic rings. The monoisotopic (exact) mass is 440 g/mol. The van der Waals surface area contributed by atoms with Crippen molar-refractivity contribution in [1.82, 2.24) is 25.5 Å². The Bertz CT molecular complexity index is 955. The number of rotatable bonds is 7. The van der Waals surface area contributed by atoms with E-state index in [1.807, 2.05) is 34.6 Å². The molecule has 2 aromatic rings. The second-order valence-corrected chi connectivity index (χ2v) is 9.97. The number of carbonyl (C=O) groups is 2. The van der Waals surface area contributed by atoms with Crippen molar-refractivity contribution in [3.05, 3.63) is 23.8 Å². The van der Waals surface area contributed by atoms with E-state index in [0.29, 0.717) is 23.3 Å². The number of hydrogen-bond acceptors (Lipinski definition) is 6. The van der Waals surface area contributed by atoms with Crippen LogP contribution < -0.4 is 10.6 Å². The standard InChI is InChI=1S/C23H32N6O3/c1-12-17(13(2)29-28-12)20-24-10-16(11-25-20)26-21(30)19(27-22(31)32-23(3,4)5)18(14-6-7-14)15-8-9-15/h10-11,14-15,18-19H,6-9H2,1-5H3,(H,26,30)(H,27,31)(H,28,29)/t19-/m0/s1. The summed E-state index contributed by atoms with van der Waals surface area (Å²) in [7, 11) is 0. The number of aromatic nitrogens is 4. The van der Waals surface area contributed by atoms with Crippen LogP contribution in [0.2, 0.25) is 0 Å². The lowest BCUT2D eigenvalue weighted by molar-refractivity contribution is -0.120. The molecule has 32 heavy (non-hydrogen) atoms. The smallest absolute Gasteiger partial charge is 0.408 e. The van der Waals surface area contributed by atoms with Gasteiger partial charge in [0.05, 0.1) is 29.3 Å². The summed E-state index contributed by atoms with van der Waals surface area (Å²) in [5.74, 6) is 1.35. The number of aryl methyl sites for hydroxylation is 2.